The van der Waals surface area contributed by atoms with Crippen LogP contribution in [0.1, 0.15) is 37.8 Å². The number of nitrogens with zero attached hydrogens (tertiary/aromatic N) is 1. The zero-order chi connectivity index (χ0) is 24.5. The Hall–Kier alpha value is -3.54. The zero-order valence-electron chi connectivity index (χ0n) is 18.4. The van der Waals surface area contributed by atoms with E-state index in [1.54, 1.807) is 38.2 Å². The van der Waals surface area contributed by atoms with Gasteiger partial charge < -0.3 is 14.8 Å². The van der Waals surface area contributed by atoms with Crippen molar-refractivity contribution in [2.24, 2.45) is 5.41 Å². The van der Waals surface area contributed by atoms with Crippen molar-refractivity contribution in [1.29, 1.82) is 0 Å². The molecule has 1 aromatic heterocycles. The summed E-state index contributed by atoms with van der Waals surface area (Å²) in [6.07, 6.45) is 2.72. The van der Waals surface area contributed by atoms with Gasteiger partial charge in [-0.2, -0.15) is 13.2 Å². The fraction of sp³-hybridized carbons (Fsp3) is 0.375. The molecular formula is C24H25F3N2O4. The van der Waals surface area contributed by atoms with Crippen LogP contribution in [0.3, 0.4) is 0 Å². The number of esters is 2. The van der Waals surface area contributed by atoms with E-state index in [-0.39, 0.29) is 12.8 Å². The summed E-state index contributed by atoms with van der Waals surface area (Å²) in [4.78, 5) is 26.8. The average Bonchev–Trinajstić information content (AvgIpc) is 2.73. The van der Waals surface area contributed by atoms with Crippen LogP contribution < -0.4 is 10.1 Å². The minimum Gasteiger partial charge on any atom is -0.493 e. The zero-order valence-corrected chi connectivity index (χ0v) is 18.4. The molecule has 0 amide bonds. The number of carbonyl (C=O) groups is 2. The number of pyridine rings is 1. The van der Waals surface area contributed by atoms with Crippen LogP contribution in [-0.4, -0.2) is 36.3 Å². The summed E-state index contributed by atoms with van der Waals surface area (Å²) in [6, 6.07) is 10.8. The molecule has 1 N–H and O–H groups in total. The van der Waals surface area contributed by atoms with Gasteiger partial charge in [0.25, 0.3) is 0 Å². The van der Waals surface area contributed by atoms with Gasteiger partial charge in [0, 0.05) is 18.3 Å². The Kier molecular flexibility index (Phi) is 8.85. The van der Waals surface area contributed by atoms with Gasteiger partial charge in [-0.3, -0.25) is 4.79 Å². The molecule has 0 spiro atoms. The number of hydrogen-bond acceptors (Lipinski definition) is 6. The molecule has 6 nitrogen and oxygen atoms in total. The molecule has 0 saturated carbocycles. The maximum absolute atomic E-state index is 12.3. The maximum atomic E-state index is 12.3. The number of terminal acetylenes is 1. The molecule has 1 aromatic carbocycles. The first-order valence-electron chi connectivity index (χ1n) is 10.2. The third-order valence-corrected chi connectivity index (χ3v) is 4.53. The number of carbonyl (C=O) groups excluding carboxylic acids is 2. The molecule has 2 rings (SSSR count). The number of rotatable bonds is 10. The van der Waals surface area contributed by atoms with E-state index >= 15 is 0 Å². The molecule has 0 aliphatic carbocycles. The van der Waals surface area contributed by atoms with Gasteiger partial charge in [-0.25, -0.2) is 9.78 Å². The molecule has 0 fully saturated rings. The third-order valence-electron chi connectivity index (χ3n) is 4.53. The first-order chi connectivity index (χ1) is 15.5. The van der Waals surface area contributed by atoms with Gasteiger partial charge in [0.05, 0.1) is 13.0 Å². The number of aromatic nitrogens is 1. The molecule has 9 heteroatoms. The Labute approximate surface area is 190 Å². The van der Waals surface area contributed by atoms with Crippen molar-refractivity contribution < 1.29 is 32.2 Å². The summed E-state index contributed by atoms with van der Waals surface area (Å²) in [5.74, 6) is 0.161. The number of anilines is 1. The monoisotopic (exact) mass is 462 g/mol. The van der Waals surface area contributed by atoms with Crippen molar-refractivity contribution >= 4 is 17.8 Å². The number of nitrogens with one attached hydrogen (secondary N) is 1. The number of hydrogen-bond donors (Lipinski definition) is 1. The van der Waals surface area contributed by atoms with Crippen LogP contribution in [0.15, 0.2) is 42.6 Å². The van der Waals surface area contributed by atoms with Crippen molar-refractivity contribution in [3.63, 3.8) is 0 Å². The molecule has 0 atom stereocenters. The molecule has 176 valence electrons. The molecule has 0 unspecified atom stereocenters. The fourth-order valence-electron chi connectivity index (χ4n) is 3.05. The number of benzene rings is 1. The standard InChI is InChI=1S/C24H25F3N2O4/c1-4-17-14-19(32-13-7-12-29-20-8-5-6-11-28-20)10-9-18(17)15-23(2,3)16-21(30)33-22(31)24(25,26)27/h1,5-6,8-11,14H,7,12-13,15-16H2,2-3H3,(H,28,29). The Balaban J connectivity index is 1.88. The Bertz CT molecular complexity index is 999. The average molecular weight is 462 g/mol. The van der Waals surface area contributed by atoms with Crippen molar-refractivity contribution in [1.82, 2.24) is 4.98 Å². The van der Waals surface area contributed by atoms with E-state index in [0.29, 0.717) is 24.5 Å². The quantitative estimate of drug-likeness (QED) is 0.242. The predicted octanol–water partition coefficient (Wildman–Crippen LogP) is 4.53. The summed E-state index contributed by atoms with van der Waals surface area (Å²) in [5, 5.41) is 3.18. The lowest BCUT2D eigenvalue weighted by Gasteiger charge is -2.24. The lowest BCUT2D eigenvalue weighted by molar-refractivity contribution is -0.202. The molecule has 1 heterocycles. The first kappa shape index (κ1) is 25.7. The highest BCUT2D eigenvalue weighted by Crippen LogP contribution is 2.30. The van der Waals surface area contributed by atoms with E-state index in [4.69, 9.17) is 11.2 Å². The summed E-state index contributed by atoms with van der Waals surface area (Å²) in [6.45, 7) is 4.48. The minimum absolute atomic E-state index is 0.288. The maximum Gasteiger partial charge on any atom is 0.491 e. The largest absolute Gasteiger partial charge is 0.493 e. The van der Waals surface area contributed by atoms with E-state index in [2.05, 4.69) is 21.0 Å². The minimum atomic E-state index is -5.22. The molecule has 0 saturated heterocycles. The SMILES string of the molecule is C#Cc1cc(OCCCNc2ccccn2)ccc1CC(C)(C)CC(=O)OC(=O)C(F)(F)F. The second-order valence-electron chi connectivity index (χ2n) is 8.08. The second-order valence-corrected chi connectivity index (χ2v) is 8.08. The normalized spacial score (nSPS) is 11.4. The molecule has 0 aliphatic heterocycles. The van der Waals surface area contributed by atoms with Crippen LogP contribution in [0, 0.1) is 17.8 Å². The first-order valence-corrected chi connectivity index (χ1v) is 10.2. The van der Waals surface area contributed by atoms with E-state index in [1.807, 2.05) is 18.2 Å². The fourth-order valence-corrected chi connectivity index (χ4v) is 3.05. The molecule has 0 aliphatic rings. The van der Waals surface area contributed by atoms with E-state index < -0.39 is 23.5 Å². The van der Waals surface area contributed by atoms with Gasteiger partial charge in [-0.15, -0.1) is 6.42 Å². The van der Waals surface area contributed by atoms with Gasteiger partial charge in [0.2, 0.25) is 0 Å². The van der Waals surface area contributed by atoms with E-state index in [0.717, 1.165) is 17.8 Å². The van der Waals surface area contributed by atoms with Gasteiger partial charge in [0.1, 0.15) is 11.6 Å². The van der Waals surface area contributed by atoms with Gasteiger partial charge in [-0.05, 0) is 48.1 Å². The van der Waals surface area contributed by atoms with E-state index in [9.17, 15) is 22.8 Å². The highest BCUT2D eigenvalue weighted by atomic mass is 19.4. The lowest BCUT2D eigenvalue weighted by Crippen LogP contribution is -2.30. The number of alkyl halides is 3. The van der Waals surface area contributed by atoms with Crippen molar-refractivity contribution in [3.8, 4) is 18.1 Å². The Morgan fingerprint density at radius 3 is 2.58 bits per heavy atom. The molecular weight excluding hydrogens is 437 g/mol. The number of ether oxygens (including phenoxy) is 2. The number of halogens is 3. The summed E-state index contributed by atoms with van der Waals surface area (Å²) in [7, 11) is 0. The van der Waals surface area contributed by atoms with Crippen molar-refractivity contribution in [2.45, 2.75) is 39.3 Å². The topological polar surface area (TPSA) is 77.5 Å². The predicted molar refractivity (Wildman–Crippen MR) is 116 cm³/mol. The van der Waals surface area contributed by atoms with Crippen LogP contribution in [0.5, 0.6) is 5.75 Å². The van der Waals surface area contributed by atoms with E-state index in [1.165, 1.54) is 0 Å². The van der Waals surface area contributed by atoms with Crippen LogP contribution in [-0.2, 0) is 20.7 Å². The molecule has 2 aromatic rings. The second kappa shape index (κ2) is 11.4. The summed E-state index contributed by atoms with van der Waals surface area (Å²) >= 11 is 0. The summed E-state index contributed by atoms with van der Waals surface area (Å²) < 4.78 is 46.4. The summed E-state index contributed by atoms with van der Waals surface area (Å²) in [5.41, 5.74) is 0.474. The molecule has 33 heavy (non-hydrogen) atoms. The van der Waals surface area contributed by atoms with Crippen molar-refractivity contribution in [3.05, 3.63) is 53.7 Å². The molecule has 0 radical (unpaired) electrons. The third kappa shape index (κ3) is 8.85. The van der Waals surface area contributed by atoms with Crippen molar-refractivity contribution in [2.75, 3.05) is 18.5 Å². The van der Waals surface area contributed by atoms with Gasteiger partial charge in [-0.1, -0.05) is 31.9 Å². The smallest absolute Gasteiger partial charge is 0.491 e. The highest BCUT2D eigenvalue weighted by Gasteiger charge is 2.43. The van der Waals surface area contributed by atoms with Gasteiger partial charge in [0.15, 0.2) is 0 Å². The Morgan fingerprint density at radius 2 is 1.94 bits per heavy atom. The van der Waals surface area contributed by atoms with Crippen LogP contribution in [0.2, 0.25) is 0 Å². The Morgan fingerprint density at radius 1 is 1.18 bits per heavy atom. The lowest BCUT2D eigenvalue weighted by atomic mass is 9.81. The van der Waals surface area contributed by atoms with Gasteiger partial charge >= 0.3 is 18.1 Å². The van der Waals surface area contributed by atoms with Crippen LogP contribution in [0.25, 0.3) is 0 Å². The highest BCUT2D eigenvalue weighted by molar-refractivity contribution is 5.88. The van der Waals surface area contributed by atoms with Crippen LogP contribution in [0.4, 0.5) is 19.0 Å². The molecule has 0 bridgehead atoms. The van der Waals surface area contributed by atoms with Crippen LogP contribution >= 0.6 is 0 Å².